The van der Waals surface area contributed by atoms with Crippen LogP contribution in [0.25, 0.3) is 0 Å². The number of benzene rings is 2. The number of nitrogens with zero attached hydrogens (tertiary/aromatic N) is 2. The second kappa shape index (κ2) is 10.1. The average Bonchev–Trinajstić information content (AvgIpc) is 3.20. The number of hydrogen-bond donors (Lipinski definition) is 1. The number of aromatic nitrogens is 1. The molecule has 1 N–H and O–H groups in total. The van der Waals surface area contributed by atoms with Crippen molar-refractivity contribution >= 4 is 44.6 Å². The Morgan fingerprint density at radius 3 is 2.42 bits per heavy atom. The van der Waals surface area contributed by atoms with Gasteiger partial charge in [-0.3, -0.25) is 4.31 Å². The van der Waals surface area contributed by atoms with Crippen LogP contribution in [0.2, 0.25) is 5.02 Å². The van der Waals surface area contributed by atoms with Crippen molar-refractivity contribution in [3.8, 4) is 5.75 Å². The molecule has 0 atom stereocenters. The number of carbonyl (C=O) groups is 1. The summed E-state index contributed by atoms with van der Waals surface area (Å²) in [6.45, 7) is 7.75. The van der Waals surface area contributed by atoms with E-state index in [-0.39, 0.29) is 29.0 Å². The highest BCUT2D eigenvalue weighted by atomic mass is 35.5. The molecule has 3 aromatic rings. The molecule has 10 heteroatoms. The van der Waals surface area contributed by atoms with Crippen molar-refractivity contribution in [3.63, 3.8) is 0 Å². The van der Waals surface area contributed by atoms with Crippen LogP contribution < -0.4 is 9.04 Å². The van der Waals surface area contributed by atoms with Gasteiger partial charge in [0.25, 0.3) is 10.0 Å². The maximum Gasteiger partial charge on any atom is 0.335 e. The van der Waals surface area contributed by atoms with Crippen LogP contribution in [0.5, 0.6) is 5.75 Å². The summed E-state index contributed by atoms with van der Waals surface area (Å²) in [5.41, 5.74) is 2.62. The minimum atomic E-state index is -3.94. The summed E-state index contributed by atoms with van der Waals surface area (Å²) in [7, 11) is -3.94. The highest BCUT2D eigenvalue weighted by molar-refractivity contribution is 7.94. The Balaban J connectivity index is 2.01. The predicted octanol–water partition coefficient (Wildman–Crippen LogP) is 5.54. The Bertz CT molecular complexity index is 1250. The Morgan fingerprint density at radius 1 is 1.21 bits per heavy atom. The van der Waals surface area contributed by atoms with E-state index in [2.05, 4.69) is 4.98 Å². The second-order valence-corrected chi connectivity index (χ2v) is 11.3. The molecule has 0 unspecified atom stereocenters. The number of thiazole rings is 1. The average molecular weight is 509 g/mol. The number of carboxylic acid groups (broad SMARTS) is 1. The van der Waals surface area contributed by atoms with E-state index in [1.54, 1.807) is 36.6 Å². The van der Waals surface area contributed by atoms with Crippen molar-refractivity contribution < 1.29 is 23.1 Å². The van der Waals surface area contributed by atoms with E-state index >= 15 is 0 Å². The van der Waals surface area contributed by atoms with Gasteiger partial charge in [0.1, 0.15) is 12.4 Å². The maximum absolute atomic E-state index is 13.5. The Morgan fingerprint density at radius 2 is 1.88 bits per heavy atom. The molecule has 0 aliphatic carbocycles. The Kier molecular flexibility index (Phi) is 7.66. The van der Waals surface area contributed by atoms with Gasteiger partial charge in [0.15, 0.2) is 0 Å². The van der Waals surface area contributed by atoms with Gasteiger partial charge in [-0.15, -0.1) is 11.3 Å². The van der Waals surface area contributed by atoms with Gasteiger partial charge < -0.3 is 9.84 Å². The fourth-order valence-electron chi connectivity index (χ4n) is 3.06. The molecule has 0 fully saturated rings. The Hall–Kier alpha value is -2.62. The minimum Gasteiger partial charge on any atom is -0.487 e. The third-order valence-electron chi connectivity index (χ3n) is 4.74. The number of hydrogen-bond acceptors (Lipinski definition) is 6. The highest BCUT2D eigenvalue weighted by Crippen LogP contribution is 2.38. The fourth-order valence-corrected chi connectivity index (χ4v) is 5.99. The van der Waals surface area contributed by atoms with Gasteiger partial charge in [0.2, 0.25) is 4.34 Å². The SMILES string of the molecule is Cc1csc(S(=O)(=O)N(CC(C)C)c2cc(Cl)c(C)cc2OCc2ccc(C(=O)O)cc2)n1. The summed E-state index contributed by atoms with van der Waals surface area (Å²) in [6.07, 6.45) is 0. The predicted molar refractivity (Wildman–Crippen MR) is 130 cm³/mol. The van der Waals surface area contributed by atoms with E-state index in [1.165, 1.54) is 16.4 Å². The molecule has 0 spiro atoms. The number of aromatic carboxylic acids is 1. The molecule has 0 radical (unpaired) electrons. The van der Waals surface area contributed by atoms with Gasteiger partial charge in [0.05, 0.1) is 11.3 Å². The molecule has 0 aliphatic rings. The lowest BCUT2D eigenvalue weighted by atomic mass is 10.1. The summed E-state index contributed by atoms with van der Waals surface area (Å²) in [5, 5.41) is 11.2. The first kappa shape index (κ1) is 25.0. The molecule has 0 saturated heterocycles. The second-order valence-electron chi connectivity index (χ2n) is 8.04. The van der Waals surface area contributed by atoms with Crippen molar-refractivity contribution in [3.05, 3.63) is 69.2 Å². The zero-order valence-corrected chi connectivity index (χ0v) is 21.1. The van der Waals surface area contributed by atoms with Crippen LogP contribution >= 0.6 is 22.9 Å². The van der Waals surface area contributed by atoms with E-state index in [0.29, 0.717) is 22.2 Å². The van der Waals surface area contributed by atoms with E-state index in [4.69, 9.17) is 21.4 Å². The standard InChI is InChI=1S/C23H25ClN2O5S2/c1-14(2)11-26(33(29,30)23-25-16(4)13-32-23)20-10-19(24)15(3)9-21(20)31-12-17-5-7-18(8-6-17)22(27)28/h5-10,13-14H,11-12H2,1-4H3,(H,27,28). The van der Waals surface area contributed by atoms with Gasteiger partial charge in [-0.1, -0.05) is 37.6 Å². The van der Waals surface area contributed by atoms with E-state index < -0.39 is 16.0 Å². The zero-order chi connectivity index (χ0) is 24.3. The lowest BCUT2D eigenvalue weighted by molar-refractivity contribution is 0.0697. The summed E-state index contributed by atoms with van der Waals surface area (Å²) in [6, 6.07) is 9.61. The fraction of sp³-hybridized carbons (Fsp3) is 0.304. The van der Waals surface area contributed by atoms with Gasteiger partial charge >= 0.3 is 5.97 Å². The topological polar surface area (TPSA) is 96.8 Å². The normalized spacial score (nSPS) is 11.6. The van der Waals surface area contributed by atoms with Crippen molar-refractivity contribution in [2.45, 2.75) is 38.6 Å². The lowest BCUT2D eigenvalue weighted by Gasteiger charge is -2.27. The number of sulfonamides is 1. The van der Waals surface area contributed by atoms with Gasteiger partial charge in [0, 0.05) is 22.6 Å². The van der Waals surface area contributed by atoms with Crippen LogP contribution in [0.4, 0.5) is 5.69 Å². The number of anilines is 1. The van der Waals surface area contributed by atoms with Crippen molar-refractivity contribution in [1.29, 1.82) is 0 Å². The maximum atomic E-state index is 13.5. The lowest BCUT2D eigenvalue weighted by Crippen LogP contribution is -2.34. The molecule has 0 bridgehead atoms. The van der Waals surface area contributed by atoms with E-state index in [1.807, 2.05) is 20.8 Å². The van der Waals surface area contributed by atoms with Crippen molar-refractivity contribution in [2.24, 2.45) is 5.92 Å². The highest BCUT2D eigenvalue weighted by Gasteiger charge is 2.31. The third kappa shape index (κ3) is 5.85. The van der Waals surface area contributed by atoms with Crippen LogP contribution in [-0.4, -0.2) is 31.0 Å². The first-order valence-corrected chi connectivity index (χ1v) is 12.9. The Labute approximate surface area is 202 Å². The number of carboxylic acids is 1. The molecule has 1 aromatic heterocycles. The first-order valence-electron chi connectivity index (χ1n) is 10.2. The van der Waals surface area contributed by atoms with Crippen LogP contribution in [-0.2, 0) is 16.6 Å². The molecular weight excluding hydrogens is 484 g/mol. The van der Waals surface area contributed by atoms with Crippen LogP contribution in [0.1, 0.15) is 41.0 Å². The van der Waals surface area contributed by atoms with Crippen LogP contribution in [0.3, 0.4) is 0 Å². The molecular formula is C23H25ClN2O5S2. The van der Waals surface area contributed by atoms with E-state index in [9.17, 15) is 13.2 Å². The molecule has 0 amide bonds. The zero-order valence-electron chi connectivity index (χ0n) is 18.7. The number of rotatable bonds is 9. The van der Waals surface area contributed by atoms with Crippen LogP contribution in [0, 0.1) is 19.8 Å². The number of aryl methyl sites for hydroxylation is 2. The van der Waals surface area contributed by atoms with E-state index in [0.717, 1.165) is 22.5 Å². The summed E-state index contributed by atoms with van der Waals surface area (Å²) >= 11 is 7.46. The van der Waals surface area contributed by atoms with Crippen molar-refractivity contribution in [1.82, 2.24) is 4.98 Å². The minimum absolute atomic E-state index is 0.00700. The molecule has 2 aromatic carbocycles. The monoisotopic (exact) mass is 508 g/mol. The quantitative estimate of drug-likeness (QED) is 0.407. The van der Waals surface area contributed by atoms with Gasteiger partial charge in [-0.2, -0.15) is 8.42 Å². The molecule has 1 heterocycles. The molecule has 3 rings (SSSR count). The number of halogens is 1. The largest absolute Gasteiger partial charge is 0.487 e. The smallest absolute Gasteiger partial charge is 0.335 e. The van der Waals surface area contributed by atoms with Crippen LogP contribution in [0.15, 0.2) is 46.1 Å². The third-order valence-corrected chi connectivity index (χ3v) is 8.28. The first-order chi connectivity index (χ1) is 15.5. The summed E-state index contributed by atoms with van der Waals surface area (Å²) in [4.78, 5) is 15.3. The van der Waals surface area contributed by atoms with Gasteiger partial charge in [-0.25, -0.2) is 9.78 Å². The molecule has 0 saturated carbocycles. The summed E-state index contributed by atoms with van der Waals surface area (Å²) in [5.74, 6) is -0.626. The van der Waals surface area contributed by atoms with Gasteiger partial charge in [-0.05, 0) is 55.2 Å². The molecule has 0 aliphatic heterocycles. The van der Waals surface area contributed by atoms with Crippen molar-refractivity contribution in [2.75, 3.05) is 10.8 Å². The summed E-state index contributed by atoms with van der Waals surface area (Å²) < 4.78 is 34.4. The molecule has 176 valence electrons. The number of ether oxygens (including phenoxy) is 1. The molecule has 7 nitrogen and oxygen atoms in total. The molecule has 33 heavy (non-hydrogen) atoms.